The molecule has 1 N–H and O–H groups in total. The van der Waals surface area contributed by atoms with Crippen molar-refractivity contribution in [1.29, 1.82) is 0 Å². The lowest BCUT2D eigenvalue weighted by Gasteiger charge is -2.23. The zero-order valence-electron chi connectivity index (χ0n) is 19.2. The molecular weight excluding hydrogens is 435 g/mol. The van der Waals surface area contributed by atoms with Crippen molar-refractivity contribution in [2.75, 3.05) is 12.4 Å². The maximum atomic E-state index is 14.3. The van der Waals surface area contributed by atoms with E-state index in [-0.39, 0.29) is 37.1 Å². The van der Waals surface area contributed by atoms with Gasteiger partial charge >= 0.3 is 0 Å². The number of nitrogens with one attached hydrogen (secondary N) is 1. The summed E-state index contributed by atoms with van der Waals surface area (Å²) in [5.41, 5.74) is 2.63. The highest BCUT2D eigenvalue weighted by atomic mass is 19.1. The molecule has 176 valence electrons. The van der Waals surface area contributed by atoms with Crippen molar-refractivity contribution >= 4 is 17.5 Å². The van der Waals surface area contributed by atoms with Crippen molar-refractivity contribution < 1.29 is 23.5 Å². The Morgan fingerprint density at radius 3 is 2.74 bits per heavy atom. The van der Waals surface area contributed by atoms with Gasteiger partial charge in [0.25, 0.3) is 5.91 Å². The topological polar surface area (TPSA) is 67.9 Å². The van der Waals surface area contributed by atoms with Crippen LogP contribution in [0.5, 0.6) is 11.5 Å². The number of hydrogen-bond acceptors (Lipinski definition) is 4. The zero-order valence-corrected chi connectivity index (χ0v) is 19.2. The molecule has 3 aromatic carbocycles. The third-order valence-electron chi connectivity index (χ3n) is 5.75. The summed E-state index contributed by atoms with van der Waals surface area (Å²) in [6.07, 6.45) is 0.0348. The monoisotopic (exact) mass is 462 g/mol. The zero-order chi connectivity index (χ0) is 24.1. The lowest BCUT2D eigenvalue weighted by molar-refractivity contribution is -0.139. The van der Waals surface area contributed by atoms with Gasteiger partial charge in [0.05, 0.1) is 13.5 Å². The highest BCUT2D eigenvalue weighted by molar-refractivity contribution is 5.92. The standard InChI is InChI=1S/C27H27FN2O4/c1-3-24-27(32)30(16-19-8-4-5-10-23(19)28)17-20-15-21(11-12-25(20)34-24)29-26(31)14-18-7-6-9-22(13-18)33-2/h4-13,15,24H,3,14,16-17H2,1-2H3,(H,29,31)/t24-/m0/s1. The van der Waals surface area contributed by atoms with Crippen LogP contribution < -0.4 is 14.8 Å². The largest absolute Gasteiger partial charge is 0.497 e. The van der Waals surface area contributed by atoms with Gasteiger partial charge in [-0.1, -0.05) is 37.3 Å². The van der Waals surface area contributed by atoms with E-state index in [0.29, 0.717) is 29.2 Å². The quantitative estimate of drug-likeness (QED) is 0.552. The molecule has 1 aliphatic rings. The summed E-state index contributed by atoms with van der Waals surface area (Å²) in [6.45, 7) is 2.26. The molecule has 34 heavy (non-hydrogen) atoms. The molecule has 0 unspecified atom stereocenters. The second-order valence-electron chi connectivity index (χ2n) is 8.20. The van der Waals surface area contributed by atoms with Gasteiger partial charge in [-0.15, -0.1) is 0 Å². The van der Waals surface area contributed by atoms with E-state index in [1.807, 2.05) is 31.2 Å². The predicted molar refractivity (Wildman–Crippen MR) is 127 cm³/mol. The van der Waals surface area contributed by atoms with Crippen LogP contribution in [0.3, 0.4) is 0 Å². The highest BCUT2D eigenvalue weighted by Gasteiger charge is 2.30. The van der Waals surface area contributed by atoms with Crippen LogP contribution >= 0.6 is 0 Å². The first kappa shape index (κ1) is 23.3. The summed E-state index contributed by atoms with van der Waals surface area (Å²) >= 11 is 0. The fourth-order valence-corrected chi connectivity index (χ4v) is 3.98. The summed E-state index contributed by atoms with van der Waals surface area (Å²) in [5.74, 6) is 0.561. The summed E-state index contributed by atoms with van der Waals surface area (Å²) in [7, 11) is 1.58. The molecule has 2 amide bonds. The number of benzene rings is 3. The van der Waals surface area contributed by atoms with Crippen molar-refractivity contribution in [2.45, 2.75) is 39.0 Å². The van der Waals surface area contributed by atoms with Crippen LogP contribution in [0.1, 0.15) is 30.0 Å². The molecule has 0 saturated heterocycles. The Bertz CT molecular complexity index is 1200. The second-order valence-corrected chi connectivity index (χ2v) is 8.20. The number of carbonyl (C=O) groups excluding carboxylic acids is 2. The molecule has 0 saturated carbocycles. The van der Waals surface area contributed by atoms with E-state index in [4.69, 9.17) is 9.47 Å². The van der Waals surface area contributed by atoms with E-state index >= 15 is 0 Å². The average Bonchev–Trinajstić information content (AvgIpc) is 2.96. The van der Waals surface area contributed by atoms with Crippen molar-refractivity contribution in [2.24, 2.45) is 0 Å². The van der Waals surface area contributed by atoms with E-state index in [2.05, 4.69) is 5.32 Å². The molecular formula is C27H27FN2O4. The third kappa shape index (κ3) is 5.36. The van der Waals surface area contributed by atoms with Gasteiger partial charge in [0.1, 0.15) is 17.3 Å². The predicted octanol–water partition coefficient (Wildman–Crippen LogP) is 4.72. The Labute approximate surface area is 198 Å². The average molecular weight is 463 g/mol. The van der Waals surface area contributed by atoms with Crippen LogP contribution in [0.2, 0.25) is 0 Å². The Balaban J connectivity index is 1.53. The first-order chi connectivity index (χ1) is 16.5. The number of hydrogen-bond donors (Lipinski definition) is 1. The molecule has 6 nitrogen and oxygen atoms in total. The molecule has 0 spiro atoms. The van der Waals surface area contributed by atoms with Gasteiger partial charge in [0.2, 0.25) is 5.91 Å². The smallest absolute Gasteiger partial charge is 0.264 e. The fraction of sp³-hybridized carbons (Fsp3) is 0.259. The highest BCUT2D eigenvalue weighted by Crippen LogP contribution is 2.30. The number of nitrogens with zero attached hydrogens (tertiary/aromatic N) is 1. The van der Waals surface area contributed by atoms with Gasteiger partial charge in [0, 0.05) is 29.9 Å². The summed E-state index contributed by atoms with van der Waals surface area (Å²) in [5, 5.41) is 2.91. The second kappa shape index (κ2) is 10.4. The molecule has 0 aliphatic carbocycles. The van der Waals surface area contributed by atoms with Gasteiger partial charge in [-0.25, -0.2) is 4.39 Å². The van der Waals surface area contributed by atoms with Gasteiger partial charge in [-0.3, -0.25) is 9.59 Å². The number of rotatable bonds is 7. The first-order valence-corrected chi connectivity index (χ1v) is 11.2. The SMILES string of the molecule is CC[C@@H]1Oc2ccc(NC(=O)Cc3cccc(OC)c3)cc2CN(Cc2ccccc2F)C1=O. The van der Waals surface area contributed by atoms with Gasteiger partial charge < -0.3 is 19.7 Å². The number of carbonyl (C=O) groups is 2. The number of fused-ring (bicyclic) bond motifs is 1. The number of methoxy groups -OCH3 is 1. The molecule has 0 aromatic heterocycles. The molecule has 1 heterocycles. The number of ether oxygens (including phenoxy) is 2. The lowest BCUT2D eigenvalue weighted by Crippen LogP contribution is -2.39. The molecule has 0 radical (unpaired) electrons. The maximum Gasteiger partial charge on any atom is 0.264 e. The van der Waals surface area contributed by atoms with Gasteiger partial charge in [0.15, 0.2) is 6.10 Å². The maximum absolute atomic E-state index is 14.3. The number of halogens is 1. The number of anilines is 1. The normalized spacial score (nSPS) is 15.2. The van der Waals surface area contributed by atoms with Gasteiger partial charge in [-0.2, -0.15) is 0 Å². The van der Waals surface area contributed by atoms with Crippen molar-refractivity contribution in [3.63, 3.8) is 0 Å². The van der Waals surface area contributed by atoms with Gasteiger partial charge in [-0.05, 0) is 48.4 Å². The van der Waals surface area contributed by atoms with Crippen LogP contribution in [-0.2, 0) is 29.1 Å². The van der Waals surface area contributed by atoms with E-state index in [1.54, 1.807) is 48.4 Å². The van der Waals surface area contributed by atoms with Crippen LogP contribution in [0.4, 0.5) is 10.1 Å². The molecule has 7 heteroatoms. The minimum Gasteiger partial charge on any atom is -0.497 e. The molecule has 3 aromatic rings. The van der Waals surface area contributed by atoms with Crippen molar-refractivity contribution in [3.05, 3.63) is 89.2 Å². The number of amides is 2. The molecule has 0 fully saturated rings. The van der Waals surface area contributed by atoms with E-state index in [9.17, 15) is 14.0 Å². The van der Waals surface area contributed by atoms with Crippen molar-refractivity contribution in [1.82, 2.24) is 4.90 Å². The van der Waals surface area contributed by atoms with Crippen LogP contribution in [0, 0.1) is 5.82 Å². The van der Waals surface area contributed by atoms with Crippen LogP contribution in [0.25, 0.3) is 0 Å². The van der Waals surface area contributed by atoms with E-state index < -0.39 is 6.10 Å². The minimum absolute atomic E-state index is 0.136. The molecule has 1 atom stereocenters. The fourth-order valence-electron chi connectivity index (χ4n) is 3.98. The van der Waals surface area contributed by atoms with Crippen molar-refractivity contribution in [3.8, 4) is 11.5 Å². The molecule has 1 aliphatic heterocycles. The lowest BCUT2D eigenvalue weighted by atomic mass is 10.1. The van der Waals surface area contributed by atoms with Crippen LogP contribution in [0.15, 0.2) is 66.7 Å². The van der Waals surface area contributed by atoms with Crippen LogP contribution in [-0.4, -0.2) is 29.9 Å². The summed E-state index contributed by atoms with van der Waals surface area (Å²) < 4.78 is 25.5. The minimum atomic E-state index is -0.651. The van der Waals surface area contributed by atoms with E-state index in [1.165, 1.54) is 6.07 Å². The molecule has 0 bridgehead atoms. The Morgan fingerprint density at radius 2 is 1.97 bits per heavy atom. The molecule has 4 rings (SSSR count). The first-order valence-electron chi connectivity index (χ1n) is 11.2. The summed E-state index contributed by atoms with van der Waals surface area (Å²) in [6, 6.07) is 19.1. The Hall–Kier alpha value is -3.87. The third-order valence-corrected chi connectivity index (χ3v) is 5.75. The van der Waals surface area contributed by atoms with E-state index in [0.717, 1.165) is 11.1 Å². The Morgan fingerprint density at radius 1 is 1.15 bits per heavy atom. The Kier molecular flexibility index (Phi) is 7.11. The summed E-state index contributed by atoms with van der Waals surface area (Å²) in [4.78, 5) is 27.3.